The van der Waals surface area contributed by atoms with Crippen molar-refractivity contribution >= 4 is 5.78 Å². The van der Waals surface area contributed by atoms with Crippen molar-refractivity contribution in [3.8, 4) is 0 Å². The standard InChI is InChI=1S/C14H18O/c1-12(2)11-14(15)10-6-9-13-7-4-3-5-8-13/h3-5,7-8,11H,6,9-10H2,1-2H3. The molecule has 1 aromatic rings. The number of aryl methyl sites for hydroxylation is 1. The molecule has 0 spiro atoms. The SMILES string of the molecule is CC(C)=CC(=O)CCCc1ccccc1. The van der Waals surface area contributed by atoms with Crippen molar-refractivity contribution in [2.45, 2.75) is 33.1 Å². The normalized spacial score (nSPS) is 9.73. The smallest absolute Gasteiger partial charge is 0.155 e. The molecule has 0 aliphatic rings. The molecule has 1 rings (SSSR count). The van der Waals surface area contributed by atoms with Crippen LogP contribution in [-0.4, -0.2) is 5.78 Å². The van der Waals surface area contributed by atoms with E-state index in [9.17, 15) is 4.79 Å². The Labute approximate surface area is 91.8 Å². The van der Waals surface area contributed by atoms with E-state index in [1.807, 2.05) is 32.0 Å². The van der Waals surface area contributed by atoms with Crippen molar-refractivity contribution in [2.24, 2.45) is 0 Å². The fraction of sp³-hybridized carbons (Fsp3) is 0.357. The van der Waals surface area contributed by atoms with E-state index in [0.29, 0.717) is 6.42 Å². The Bertz CT molecular complexity index is 332. The highest BCUT2D eigenvalue weighted by molar-refractivity contribution is 5.90. The Morgan fingerprint density at radius 2 is 1.87 bits per heavy atom. The van der Waals surface area contributed by atoms with Gasteiger partial charge in [-0.25, -0.2) is 0 Å². The molecule has 0 saturated heterocycles. The van der Waals surface area contributed by atoms with Gasteiger partial charge in [-0.2, -0.15) is 0 Å². The summed E-state index contributed by atoms with van der Waals surface area (Å²) in [4.78, 5) is 11.4. The Balaban J connectivity index is 2.28. The summed E-state index contributed by atoms with van der Waals surface area (Å²) in [5, 5.41) is 0. The third kappa shape index (κ3) is 5.16. The van der Waals surface area contributed by atoms with Gasteiger partial charge in [-0.15, -0.1) is 0 Å². The maximum absolute atomic E-state index is 11.4. The molecular formula is C14H18O. The largest absolute Gasteiger partial charge is 0.295 e. The van der Waals surface area contributed by atoms with Crippen LogP contribution in [0.4, 0.5) is 0 Å². The molecule has 0 atom stereocenters. The summed E-state index contributed by atoms with van der Waals surface area (Å²) >= 11 is 0. The molecule has 1 nitrogen and oxygen atoms in total. The molecular weight excluding hydrogens is 184 g/mol. The molecule has 1 heteroatoms. The maximum Gasteiger partial charge on any atom is 0.155 e. The number of hydrogen-bond donors (Lipinski definition) is 0. The molecule has 0 amide bonds. The highest BCUT2D eigenvalue weighted by Gasteiger charge is 1.98. The van der Waals surface area contributed by atoms with Crippen LogP contribution in [0.5, 0.6) is 0 Å². The van der Waals surface area contributed by atoms with E-state index in [1.54, 1.807) is 6.08 Å². The van der Waals surface area contributed by atoms with E-state index in [2.05, 4.69) is 12.1 Å². The summed E-state index contributed by atoms with van der Waals surface area (Å²) in [6.07, 6.45) is 4.31. The number of benzene rings is 1. The van der Waals surface area contributed by atoms with Gasteiger partial charge in [0.05, 0.1) is 0 Å². The first-order valence-electron chi connectivity index (χ1n) is 5.40. The van der Waals surface area contributed by atoms with E-state index in [1.165, 1.54) is 5.56 Å². The van der Waals surface area contributed by atoms with Crippen LogP contribution in [0.2, 0.25) is 0 Å². The Kier molecular flexibility index (Phi) is 4.82. The molecule has 0 saturated carbocycles. The highest BCUT2D eigenvalue weighted by Crippen LogP contribution is 2.05. The predicted octanol–water partition coefficient (Wildman–Crippen LogP) is 3.54. The number of hydrogen-bond acceptors (Lipinski definition) is 1. The zero-order valence-electron chi connectivity index (χ0n) is 9.49. The van der Waals surface area contributed by atoms with Crippen LogP contribution in [-0.2, 0) is 11.2 Å². The average molecular weight is 202 g/mol. The minimum atomic E-state index is 0.242. The van der Waals surface area contributed by atoms with Gasteiger partial charge in [0, 0.05) is 6.42 Å². The van der Waals surface area contributed by atoms with Crippen molar-refractivity contribution in [1.82, 2.24) is 0 Å². The zero-order chi connectivity index (χ0) is 11.1. The van der Waals surface area contributed by atoms with Crippen molar-refractivity contribution < 1.29 is 4.79 Å². The van der Waals surface area contributed by atoms with Crippen LogP contribution in [0.25, 0.3) is 0 Å². The van der Waals surface area contributed by atoms with Gasteiger partial charge in [-0.1, -0.05) is 35.9 Å². The van der Waals surface area contributed by atoms with Gasteiger partial charge in [0.15, 0.2) is 5.78 Å². The lowest BCUT2D eigenvalue weighted by Crippen LogP contribution is -1.95. The Morgan fingerprint density at radius 1 is 1.20 bits per heavy atom. The van der Waals surface area contributed by atoms with Crippen LogP contribution < -0.4 is 0 Å². The summed E-state index contributed by atoms with van der Waals surface area (Å²) in [7, 11) is 0. The first-order valence-corrected chi connectivity index (χ1v) is 5.40. The summed E-state index contributed by atoms with van der Waals surface area (Å²) in [6, 6.07) is 10.3. The van der Waals surface area contributed by atoms with Gasteiger partial charge in [0.2, 0.25) is 0 Å². The average Bonchev–Trinajstić information content (AvgIpc) is 2.18. The molecule has 80 valence electrons. The topological polar surface area (TPSA) is 17.1 Å². The summed E-state index contributed by atoms with van der Waals surface area (Å²) < 4.78 is 0. The second-order valence-corrected chi connectivity index (χ2v) is 4.03. The van der Waals surface area contributed by atoms with Crippen molar-refractivity contribution in [3.63, 3.8) is 0 Å². The first kappa shape index (κ1) is 11.7. The quantitative estimate of drug-likeness (QED) is 0.667. The Morgan fingerprint density at radius 3 is 2.47 bits per heavy atom. The molecule has 0 bridgehead atoms. The summed E-state index contributed by atoms with van der Waals surface area (Å²) in [5.74, 6) is 0.242. The molecule has 0 aromatic heterocycles. The van der Waals surface area contributed by atoms with Crippen LogP contribution in [0.1, 0.15) is 32.3 Å². The molecule has 0 aliphatic carbocycles. The van der Waals surface area contributed by atoms with Crippen LogP contribution in [0, 0.1) is 0 Å². The number of allylic oxidation sites excluding steroid dienone is 2. The predicted molar refractivity (Wildman–Crippen MR) is 63.8 cm³/mol. The molecule has 0 N–H and O–H groups in total. The van der Waals surface area contributed by atoms with E-state index >= 15 is 0 Å². The minimum Gasteiger partial charge on any atom is -0.295 e. The molecule has 0 radical (unpaired) electrons. The second kappa shape index (κ2) is 6.18. The molecule has 0 heterocycles. The van der Waals surface area contributed by atoms with Gasteiger partial charge >= 0.3 is 0 Å². The molecule has 0 aliphatic heterocycles. The minimum absolute atomic E-state index is 0.242. The van der Waals surface area contributed by atoms with Crippen LogP contribution in [0.3, 0.4) is 0 Å². The maximum atomic E-state index is 11.4. The van der Waals surface area contributed by atoms with Crippen molar-refractivity contribution in [1.29, 1.82) is 0 Å². The fourth-order valence-electron chi connectivity index (χ4n) is 1.51. The van der Waals surface area contributed by atoms with Gasteiger partial charge in [-0.3, -0.25) is 4.79 Å². The highest BCUT2D eigenvalue weighted by atomic mass is 16.1. The number of rotatable bonds is 5. The van der Waals surface area contributed by atoms with Crippen molar-refractivity contribution in [3.05, 3.63) is 47.5 Å². The third-order valence-corrected chi connectivity index (χ3v) is 2.18. The molecule has 0 fully saturated rings. The summed E-state index contributed by atoms with van der Waals surface area (Å²) in [5.41, 5.74) is 2.39. The monoisotopic (exact) mass is 202 g/mol. The van der Waals surface area contributed by atoms with E-state index in [-0.39, 0.29) is 5.78 Å². The van der Waals surface area contributed by atoms with E-state index in [0.717, 1.165) is 18.4 Å². The fourth-order valence-corrected chi connectivity index (χ4v) is 1.51. The third-order valence-electron chi connectivity index (χ3n) is 2.18. The summed E-state index contributed by atoms with van der Waals surface area (Å²) in [6.45, 7) is 3.91. The molecule has 15 heavy (non-hydrogen) atoms. The van der Waals surface area contributed by atoms with E-state index in [4.69, 9.17) is 0 Å². The van der Waals surface area contributed by atoms with Crippen molar-refractivity contribution in [2.75, 3.05) is 0 Å². The number of carbonyl (C=O) groups excluding carboxylic acids is 1. The van der Waals surface area contributed by atoms with Crippen LogP contribution in [0.15, 0.2) is 42.0 Å². The van der Waals surface area contributed by atoms with Crippen LogP contribution >= 0.6 is 0 Å². The van der Waals surface area contributed by atoms with E-state index < -0.39 is 0 Å². The lowest BCUT2D eigenvalue weighted by molar-refractivity contribution is -0.114. The molecule has 1 aromatic carbocycles. The van der Waals surface area contributed by atoms with Gasteiger partial charge in [-0.05, 0) is 38.3 Å². The zero-order valence-corrected chi connectivity index (χ0v) is 9.49. The molecule has 0 unspecified atom stereocenters. The second-order valence-electron chi connectivity index (χ2n) is 4.03. The lowest BCUT2D eigenvalue weighted by atomic mass is 10.1. The Hall–Kier alpha value is -1.37. The number of ketones is 1. The first-order chi connectivity index (χ1) is 7.18. The van der Waals surface area contributed by atoms with Gasteiger partial charge in [0.1, 0.15) is 0 Å². The lowest BCUT2D eigenvalue weighted by Gasteiger charge is -1.99. The van der Waals surface area contributed by atoms with Gasteiger partial charge < -0.3 is 0 Å². The van der Waals surface area contributed by atoms with Gasteiger partial charge in [0.25, 0.3) is 0 Å². The number of carbonyl (C=O) groups is 1.